The third-order valence-electron chi connectivity index (χ3n) is 6.27. The van der Waals surface area contributed by atoms with Gasteiger partial charge in [0.1, 0.15) is 11.6 Å². The van der Waals surface area contributed by atoms with Gasteiger partial charge in [-0.05, 0) is 31.4 Å². The molecule has 31 heavy (non-hydrogen) atoms. The number of nitrogens with zero attached hydrogens (tertiary/aromatic N) is 2. The zero-order valence-electron chi connectivity index (χ0n) is 17.0. The van der Waals surface area contributed by atoms with Crippen LogP contribution < -0.4 is 5.32 Å². The van der Waals surface area contributed by atoms with Gasteiger partial charge in [0, 0.05) is 31.2 Å². The summed E-state index contributed by atoms with van der Waals surface area (Å²) in [7, 11) is 0. The van der Waals surface area contributed by atoms with E-state index in [-0.39, 0.29) is 17.2 Å². The van der Waals surface area contributed by atoms with Crippen molar-refractivity contribution in [3.8, 4) is 11.3 Å². The number of carbonyl (C=O) groups is 2. The maximum atomic E-state index is 14.0. The molecular formula is C22H25F2N3O4. The zero-order valence-corrected chi connectivity index (χ0v) is 17.0. The minimum Gasteiger partial charge on any atom is -0.481 e. The Morgan fingerprint density at radius 2 is 1.94 bits per heavy atom. The van der Waals surface area contributed by atoms with Crippen LogP contribution in [-0.4, -0.2) is 52.0 Å². The van der Waals surface area contributed by atoms with Crippen LogP contribution in [0.2, 0.25) is 0 Å². The molecule has 7 nitrogen and oxygen atoms in total. The first-order valence-electron chi connectivity index (χ1n) is 10.6. The summed E-state index contributed by atoms with van der Waals surface area (Å²) >= 11 is 0. The fraction of sp³-hybridized carbons (Fsp3) is 0.500. The highest BCUT2D eigenvalue weighted by Crippen LogP contribution is 2.28. The molecule has 9 heteroatoms. The Labute approximate surface area is 178 Å². The molecular weight excluding hydrogens is 408 g/mol. The van der Waals surface area contributed by atoms with Crippen molar-refractivity contribution < 1.29 is 27.9 Å². The maximum Gasteiger partial charge on any atom is 0.309 e. The average Bonchev–Trinajstić information content (AvgIpc) is 3.24. The summed E-state index contributed by atoms with van der Waals surface area (Å²) in [5.41, 5.74) is -0.0165. The van der Waals surface area contributed by atoms with E-state index in [4.69, 9.17) is 4.42 Å². The van der Waals surface area contributed by atoms with Gasteiger partial charge in [0.15, 0.2) is 5.76 Å². The van der Waals surface area contributed by atoms with Crippen molar-refractivity contribution in [2.75, 3.05) is 13.1 Å². The lowest BCUT2D eigenvalue weighted by atomic mass is 9.87. The topological polar surface area (TPSA) is 95.7 Å². The molecule has 2 atom stereocenters. The van der Waals surface area contributed by atoms with Crippen LogP contribution in [0.15, 0.2) is 28.8 Å². The average molecular weight is 433 g/mol. The first-order chi connectivity index (χ1) is 14.9. The van der Waals surface area contributed by atoms with Gasteiger partial charge in [-0.2, -0.15) is 0 Å². The van der Waals surface area contributed by atoms with Crippen LogP contribution in [0.3, 0.4) is 0 Å². The largest absolute Gasteiger partial charge is 0.481 e. The second-order valence-corrected chi connectivity index (χ2v) is 8.25. The molecule has 2 aromatic rings. The van der Waals surface area contributed by atoms with Crippen LogP contribution in [0.25, 0.3) is 11.3 Å². The van der Waals surface area contributed by atoms with Gasteiger partial charge in [-0.1, -0.05) is 19.3 Å². The molecule has 0 spiro atoms. The molecule has 1 aliphatic carbocycles. The number of benzene rings is 1. The molecule has 2 aliphatic rings. The molecule has 0 bridgehead atoms. The molecule has 2 fully saturated rings. The predicted molar refractivity (Wildman–Crippen MR) is 107 cm³/mol. The van der Waals surface area contributed by atoms with Crippen molar-refractivity contribution >= 4 is 11.9 Å². The molecule has 1 amide bonds. The monoisotopic (exact) mass is 433 g/mol. The van der Waals surface area contributed by atoms with E-state index in [1.165, 1.54) is 31.5 Å². The van der Waals surface area contributed by atoms with Crippen molar-refractivity contribution in [2.24, 2.45) is 5.92 Å². The number of carboxylic acids is 1. The van der Waals surface area contributed by atoms with Gasteiger partial charge in [0.2, 0.25) is 0 Å². The Kier molecular flexibility index (Phi) is 6.31. The van der Waals surface area contributed by atoms with E-state index in [2.05, 4.69) is 15.2 Å². The lowest BCUT2D eigenvalue weighted by molar-refractivity contribution is -0.145. The number of halogens is 2. The van der Waals surface area contributed by atoms with E-state index in [1.54, 1.807) is 0 Å². The summed E-state index contributed by atoms with van der Waals surface area (Å²) in [4.78, 5) is 30.6. The normalized spacial score (nSPS) is 22.9. The molecule has 1 aromatic carbocycles. The first-order valence-corrected chi connectivity index (χ1v) is 10.6. The van der Waals surface area contributed by atoms with Crippen LogP contribution in [0.1, 0.15) is 49.2 Å². The fourth-order valence-corrected chi connectivity index (χ4v) is 4.60. The SMILES string of the molecule is O=C(NC1CCN(C2CCCCC2)CC1C(=O)O)c1ncc(-c2ccc(F)cc2F)o1. The Morgan fingerprint density at radius 3 is 2.65 bits per heavy atom. The first kappa shape index (κ1) is 21.4. The number of hydrogen-bond donors (Lipinski definition) is 2. The standard InChI is InChI=1S/C22H25F2N3O4/c23-13-6-7-15(17(24)10-13)19-11-25-21(31-19)20(28)26-18-8-9-27(12-16(18)22(29)30)14-4-2-1-3-5-14/h6-7,10-11,14,16,18H,1-5,8-9,12H2,(H,26,28)(H,29,30). The minimum atomic E-state index is -0.952. The van der Waals surface area contributed by atoms with Crippen molar-refractivity contribution in [3.63, 3.8) is 0 Å². The van der Waals surface area contributed by atoms with Crippen LogP contribution in [-0.2, 0) is 4.79 Å². The van der Waals surface area contributed by atoms with Crippen LogP contribution in [0, 0.1) is 17.6 Å². The molecule has 0 radical (unpaired) electrons. The van der Waals surface area contributed by atoms with Crippen LogP contribution >= 0.6 is 0 Å². The Morgan fingerprint density at radius 1 is 1.16 bits per heavy atom. The summed E-state index contributed by atoms with van der Waals surface area (Å²) in [5, 5.41) is 12.4. The number of rotatable bonds is 5. The van der Waals surface area contributed by atoms with Crippen LogP contribution in [0.4, 0.5) is 8.78 Å². The zero-order chi connectivity index (χ0) is 22.0. The maximum absolute atomic E-state index is 14.0. The second-order valence-electron chi connectivity index (χ2n) is 8.25. The molecule has 2 N–H and O–H groups in total. The van der Waals surface area contributed by atoms with E-state index in [1.807, 2.05) is 0 Å². The third-order valence-corrected chi connectivity index (χ3v) is 6.27. The Balaban J connectivity index is 1.43. The smallest absolute Gasteiger partial charge is 0.309 e. The molecule has 166 valence electrons. The predicted octanol–water partition coefficient (Wildman–Crippen LogP) is 3.46. The molecule has 4 rings (SSSR count). The Hall–Kier alpha value is -2.81. The highest BCUT2D eigenvalue weighted by atomic mass is 19.1. The van der Waals surface area contributed by atoms with Gasteiger partial charge in [-0.15, -0.1) is 0 Å². The molecule has 2 heterocycles. The van der Waals surface area contributed by atoms with Crippen molar-refractivity contribution in [1.82, 2.24) is 15.2 Å². The summed E-state index contributed by atoms with van der Waals surface area (Å²) in [6.45, 7) is 1.11. The van der Waals surface area contributed by atoms with Gasteiger partial charge in [-0.3, -0.25) is 14.5 Å². The van der Waals surface area contributed by atoms with Gasteiger partial charge >= 0.3 is 11.9 Å². The number of aromatic nitrogens is 1. The number of amides is 1. The summed E-state index contributed by atoms with van der Waals surface area (Å²) in [6, 6.07) is 2.86. The van der Waals surface area contributed by atoms with E-state index in [0.717, 1.165) is 31.5 Å². The number of oxazole rings is 1. The molecule has 1 saturated carbocycles. The van der Waals surface area contributed by atoms with E-state index < -0.39 is 35.5 Å². The van der Waals surface area contributed by atoms with Gasteiger partial charge in [-0.25, -0.2) is 13.8 Å². The van der Waals surface area contributed by atoms with Crippen molar-refractivity contribution in [1.29, 1.82) is 0 Å². The number of aliphatic carboxylic acids is 1. The highest BCUT2D eigenvalue weighted by molar-refractivity contribution is 5.90. The van der Waals surface area contributed by atoms with Gasteiger partial charge < -0.3 is 14.8 Å². The van der Waals surface area contributed by atoms with E-state index in [9.17, 15) is 23.5 Å². The summed E-state index contributed by atoms with van der Waals surface area (Å²) < 4.78 is 32.4. The van der Waals surface area contributed by atoms with E-state index >= 15 is 0 Å². The summed E-state index contributed by atoms with van der Waals surface area (Å²) in [5.74, 6) is -4.20. The third kappa shape index (κ3) is 4.76. The van der Waals surface area contributed by atoms with Gasteiger partial charge in [0.05, 0.1) is 17.7 Å². The van der Waals surface area contributed by atoms with E-state index in [0.29, 0.717) is 19.0 Å². The Bertz CT molecular complexity index is 958. The molecule has 1 aromatic heterocycles. The minimum absolute atomic E-state index is 0.00967. The number of carboxylic acid groups (broad SMARTS) is 1. The van der Waals surface area contributed by atoms with Crippen LogP contribution in [0.5, 0.6) is 0 Å². The second kappa shape index (κ2) is 9.13. The molecule has 2 unspecified atom stereocenters. The summed E-state index contributed by atoms with van der Waals surface area (Å²) in [6.07, 6.45) is 7.43. The number of nitrogens with one attached hydrogen (secondary N) is 1. The number of hydrogen-bond acceptors (Lipinski definition) is 5. The molecule has 1 saturated heterocycles. The lowest BCUT2D eigenvalue weighted by Gasteiger charge is -2.42. The number of likely N-dealkylation sites (tertiary alicyclic amines) is 1. The fourth-order valence-electron chi connectivity index (χ4n) is 4.60. The van der Waals surface area contributed by atoms with Gasteiger partial charge in [0.25, 0.3) is 5.89 Å². The van der Waals surface area contributed by atoms with Crippen molar-refractivity contribution in [2.45, 2.75) is 50.6 Å². The number of piperidine rings is 1. The highest BCUT2D eigenvalue weighted by Gasteiger charge is 2.38. The van der Waals surface area contributed by atoms with Crippen molar-refractivity contribution in [3.05, 3.63) is 41.9 Å². The number of carbonyl (C=O) groups excluding carboxylic acids is 1. The quantitative estimate of drug-likeness (QED) is 0.750. The lowest BCUT2D eigenvalue weighted by Crippen LogP contribution is -2.56. The molecule has 1 aliphatic heterocycles.